The molecule has 0 heterocycles. The third-order valence-electron chi connectivity index (χ3n) is 2.03. The van der Waals surface area contributed by atoms with E-state index >= 15 is 0 Å². The van der Waals surface area contributed by atoms with Gasteiger partial charge in [0, 0.05) is 11.6 Å². The second-order valence-corrected chi connectivity index (χ2v) is 3.72. The Kier molecular flexibility index (Phi) is 3.60. The number of nitrogens with zero attached hydrogens (tertiary/aromatic N) is 1. The Hall–Kier alpha value is -1.91. The summed E-state index contributed by atoms with van der Waals surface area (Å²) < 4.78 is 5.30. The van der Waals surface area contributed by atoms with Crippen LogP contribution in [-0.4, -0.2) is 17.3 Å². The molecule has 0 aromatic heterocycles. The summed E-state index contributed by atoms with van der Waals surface area (Å²) in [5.74, 6) is 0.132. The van der Waals surface area contributed by atoms with Gasteiger partial charge in [0.1, 0.15) is 6.29 Å². The van der Waals surface area contributed by atoms with Gasteiger partial charge in [-0.3, -0.25) is 14.9 Å². The van der Waals surface area contributed by atoms with E-state index in [1.807, 2.05) is 0 Å². The van der Waals surface area contributed by atoms with Gasteiger partial charge < -0.3 is 4.74 Å². The molecule has 0 bridgehead atoms. The highest BCUT2D eigenvalue weighted by atomic mass is 16.6. The number of aldehydes is 1. The van der Waals surface area contributed by atoms with Crippen molar-refractivity contribution in [3.8, 4) is 5.75 Å². The summed E-state index contributed by atoms with van der Waals surface area (Å²) in [7, 11) is 0. The maximum absolute atomic E-state index is 10.8. The first-order valence-corrected chi connectivity index (χ1v) is 4.86. The molecule has 5 nitrogen and oxygen atoms in total. The van der Waals surface area contributed by atoms with Crippen LogP contribution in [-0.2, 0) is 0 Å². The average molecular weight is 223 g/mol. The molecular weight excluding hydrogens is 210 g/mol. The van der Waals surface area contributed by atoms with Crippen molar-refractivity contribution in [2.24, 2.45) is 0 Å². The van der Waals surface area contributed by atoms with Crippen LogP contribution in [0.3, 0.4) is 0 Å². The lowest BCUT2D eigenvalue weighted by atomic mass is 10.1. The van der Waals surface area contributed by atoms with Gasteiger partial charge in [0.05, 0.1) is 11.0 Å². The molecule has 0 amide bonds. The van der Waals surface area contributed by atoms with Crippen molar-refractivity contribution in [3.63, 3.8) is 0 Å². The molecule has 0 atom stereocenters. The van der Waals surface area contributed by atoms with E-state index in [1.54, 1.807) is 20.8 Å². The first-order chi connectivity index (χ1) is 7.45. The van der Waals surface area contributed by atoms with Gasteiger partial charge in [-0.25, -0.2) is 0 Å². The average Bonchev–Trinajstić information content (AvgIpc) is 2.19. The van der Waals surface area contributed by atoms with Crippen LogP contribution in [0.4, 0.5) is 5.69 Å². The molecule has 0 unspecified atom stereocenters. The Labute approximate surface area is 93.2 Å². The quantitative estimate of drug-likeness (QED) is 0.446. The van der Waals surface area contributed by atoms with E-state index in [2.05, 4.69) is 0 Å². The fourth-order valence-corrected chi connectivity index (χ4v) is 1.31. The predicted octanol–water partition coefficient (Wildman–Crippen LogP) is 2.50. The summed E-state index contributed by atoms with van der Waals surface area (Å²) in [5, 5.41) is 10.8. The Morgan fingerprint density at radius 2 is 2.06 bits per heavy atom. The number of carbonyl (C=O) groups excluding carboxylic acids is 1. The number of carbonyl (C=O) groups is 1. The molecule has 0 radical (unpaired) electrons. The minimum Gasteiger partial charge on any atom is -0.484 e. The van der Waals surface area contributed by atoms with Gasteiger partial charge in [0.2, 0.25) is 0 Å². The lowest BCUT2D eigenvalue weighted by Crippen LogP contribution is -2.08. The summed E-state index contributed by atoms with van der Waals surface area (Å²) in [5.41, 5.74) is 0.857. The van der Waals surface area contributed by atoms with Crippen molar-refractivity contribution < 1.29 is 14.5 Å². The molecule has 0 saturated carbocycles. The van der Waals surface area contributed by atoms with Gasteiger partial charge in [-0.1, -0.05) is 0 Å². The predicted molar refractivity (Wildman–Crippen MR) is 59.0 cm³/mol. The van der Waals surface area contributed by atoms with Crippen LogP contribution in [0.25, 0.3) is 0 Å². The summed E-state index contributed by atoms with van der Waals surface area (Å²) in [4.78, 5) is 21.0. The van der Waals surface area contributed by atoms with Crippen LogP contribution in [0, 0.1) is 17.0 Å². The number of rotatable bonds is 4. The minimum absolute atomic E-state index is 0.114. The summed E-state index contributed by atoms with van der Waals surface area (Å²) in [6.07, 6.45) is 0.479. The molecule has 16 heavy (non-hydrogen) atoms. The van der Waals surface area contributed by atoms with E-state index in [4.69, 9.17) is 4.74 Å². The second-order valence-electron chi connectivity index (χ2n) is 3.72. The Morgan fingerprint density at radius 1 is 1.44 bits per heavy atom. The van der Waals surface area contributed by atoms with Crippen LogP contribution in [0.5, 0.6) is 5.75 Å². The lowest BCUT2D eigenvalue weighted by molar-refractivity contribution is -0.386. The molecule has 1 rings (SSSR count). The van der Waals surface area contributed by atoms with Crippen LogP contribution in [0.15, 0.2) is 12.1 Å². The van der Waals surface area contributed by atoms with E-state index in [-0.39, 0.29) is 17.5 Å². The molecule has 0 saturated heterocycles. The molecule has 5 heteroatoms. The highest BCUT2D eigenvalue weighted by molar-refractivity contribution is 5.79. The normalized spacial score (nSPS) is 10.2. The topological polar surface area (TPSA) is 69.4 Å². The van der Waals surface area contributed by atoms with E-state index in [1.165, 1.54) is 12.1 Å². The smallest absolute Gasteiger partial charge is 0.311 e. The fourth-order valence-electron chi connectivity index (χ4n) is 1.31. The van der Waals surface area contributed by atoms with Crippen molar-refractivity contribution in [1.29, 1.82) is 0 Å². The number of hydrogen-bond acceptors (Lipinski definition) is 4. The van der Waals surface area contributed by atoms with Crippen molar-refractivity contribution >= 4 is 12.0 Å². The molecule has 0 aliphatic rings. The number of nitro groups is 1. The van der Waals surface area contributed by atoms with E-state index in [0.29, 0.717) is 17.4 Å². The number of nitro benzene ring substituents is 1. The number of hydrogen-bond donors (Lipinski definition) is 0. The lowest BCUT2D eigenvalue weighted by Gasteiger charge is -2.11. The third kappa shape index (κ3) is 2.56. The molecule has 0 fully saturated rings. The highest BCUT2D eigenvalue weighted by Crippen LogP contribution is 2.30. The molecule has 1 aromatic rings. The van der Waals surface area contributed by atoms with Gasteiger partial charge in [-0.05, 0) is 32.4 Å². The summed E-state index contributed by atoms with van der Waals surface area (Å²) in [6, 6.07) is 2.75. The molecule has 86 valence electrons. The van der Waals surface area contributed by atoms with Crippen LogP contribution in [0.1, 0.15) is 29.8 Å². The van der Waals surface area contributed by atoms with E-state index in [0.717, 1.165) is 0 Å². The second kappa shape index (κ2) is 4.74. The minimum atomic E-state index is -0.515. The van der Waals surface area contributed by atoms with Crippen LogP contribution >= 0.6 is 0 Å². The molecule has 0 aliphatic carbocycles. The zero-order valence-corrected chi connectivity index (χ0v) is 9.39. The van der Waals surface area contributed by atoms with Crippen LogP contribution in [0.2, 0.25) is 0 Å². The van der Waals surface area contributed by atoms with Gasteiger partial charge >= 0.3 is 5.69 Å². The Bertz CT molecular complexity index is 426. The third-order valence-corrected chi connectivity index (χ3v) is 2.03. The first kappa shape index (κ1) is 12.2. The van der Waals surface area contributed by atoms with Crippen LogP contribution < -0.4 is 4.74 Å². The van der Waals surface area contributed by atoms with Crippen molar-refractivity contribution in [2.75, 3.05) is 0 Å². The van der Waals surface area contributed by atoms with Crippen molar-refractivity contribution in [2.45, 2.75) is 26.9 Å². The Balaban J connectivity index is 3.30. The Morgan fingerprint density at radius 3 is 2.50 bits per heavy atom. The molecule has 0 spiro atoms. The standard InChI is InChI=1S/C11H13NO4/c1-7(2)16-11-5-9(6-13)8(3)4-10(11)12(14)15/h4-7H,1-3H3. The van der Waals surface area contributed by atoms with Crippen molar-refractivity contribution in [1.82, 2.24) is 0 Å². The molecular formula is C11H13NO4. The maximum Gasteiger partial charge on any atom is 0.311 e. The van der Waals surface area contributed by atoms with Gasteiger partial charge in [-0.15, -0.1) is 0 Å². The van der Waals surface area contributed by atoms with Crippen molar-refractivity contribution in [3.05, 3.63) is 33.4 Å². The molecule has 0 aliphatic heterocycles. The van der Waals surface area contributed by atoms with E-state index < -0.39 is 4.92 Å². The van der Waals surface area contributed by atoms with Gasteiger partial charge in [-0.2, -0.15) is 0 Å². The fraction of sp³-hybridized carbons (Fsp3) is 0.364. The molecule has 1 aromatic carbocycles. The summed E-state index contributed by atoms with van der Waals surface area (Å²) >= 11 is 0. The number of aryl methyl sites for hydroxylation is 1. The zero-order valence-electron chi connectivity index (χ0n) is 9.39. The van der Waals surface area contributed by atoms with Gasteiger partial charge in [0.25, 0.3) is 0 Å². The largest absolute Gasteiger partial charge is 0.484 e. The number of benzene rings is 1. The zero-order chi connectivity index (χ0) is 12.3. The maximum atomic E-state index is 10.8. The van der Waals surface area contributed by atoms with E-state index in [9.17, 15) is 14.9 Å². The SMILES string of the molecule is Cc1cc([N+](=O)[O-])c(OC(C)C)cc1C=O. The molecule has 0 N–H and O–H groups in total. The first-order valence-electron chi connectivity index (χ1n) is 4.86. The highest BCUT2D eigenvalue weighted by Gasteiger charge is 2.18. The monoisotopic (exact) mass is 223 g/mol. The summed E-state index contributed by atoms with van der Waals surface area (Å²) in [6.45, 7) is 5.18. The van der Waals surface area contributed by atoms with Gasteiger partial charge in [0.15, 0.2) is 5.75 Å². The number of ether oxygens (including phenoxy) is 1.